The van der Waals surface area contributed by atoms with Crippen LogP contribution < -0.4 is 15.8 Å². The van der Waals surface area contributed by atoms with Crippen LogP contribution >= 0.6 is 31.9 Å². The topological polar surface area (TPSA) is 78.5 Å². The lowest BCUT2D eigenvalue weighted by Crippen LogP contribution is -2.45. The Balaban J connectivity index is 1.58. The van der Waals surface area contributed by atoms with E-state index in [4.69, 9.17) is 0 Å². The first kappa shape index (κ1) is 18.6. The average molecular weight is 481 g/mol. The fourth-order valence-electron chi connectivity index (χ4n) is 2.68. The molecule has 3 rings (SSSR count). The summed E-state index contributed by atoms with van der Waals surface area (Å²) in [5.74, 6) is -1.45. The summed E-state index contributed by atoms with van der Waals surface area (Å²) >= 11 is 6.64. The maximum atomic E-state index is 12.3. The van der Waals surface area contributed by atoms with Gasteiger partial charge in [0.2, 0.25) is 11.8 Å². The van der Waals surface area contributed by atoms with Crippen molar-refractivity contribution < 1.29 is 14.4 Å². The molecule has 26 heavy (non-hydrogen) atoms. The van der Waals surface area contributed by atoms with E-state index in [-0.39, 0.29) is 24.8 Å². The number of hydrazine groups is 1. The lowest BCUT2D eigenvalue weighted by atomic mass is 10.1. The Morgan fingerprint density at radius 3 is 2.42 bits per heavy atom. The summed E-state index contributed by atoms with van der Waals surface area (Å²) in [4.78, 5) is 38.2. The molecule has 2 N–H and O–H groups in total. The van der Waals surface area contributed by atoms with E-state index in [1.165, 1.54) is 0 Å². The van der Waals surface area contributed by atoms with E-state index >= 15 is 0 Å². The molecule has 6 nitrogen and oxygen atoms in total. The maximum absolute atomic E-state index is 12.3. The normalized spacial score (nSPS) is 16.5. The van der Waals surface area contributed by atoms with Crippen molar-refractivity contribution in [3.8, 4) is 0 Å². The van der Waals surface area contributed by atoms with Gasteiger partial charge in [-0.3, -0.25) is 25.2 Å². The molecule has 1 heterocycles. The molecule has 1 saturated heterocycles. The Bertz CT molecular complexity index is 855. The van der Waals surface area contributed by atoms with E-state index in [1.807, 2.05) is 24.3 Å². The predicted molar refractivity (Wildman–Crippen MR) is 104 cm³/mol. The Morgan fingerprint density at radius 1 is 1.00 bits per heavy atom. The van der Waals surface area contributed by atoms with Crippen molar-refractivity contribution in [1.29, 1.82) is 0 Å². The number of anilines is 1. The summed E-state index contributed by atoms with van der Waals surface area (Å²) in [6.45, 7) is 0.277. The molecule has 0 aliphatic carbocycles. The van der Waals surface area contributed by atoms with E-state index in [2.05, 4.69) is 42.7 Å². The molecule has 0 aromatic heterocycles. The number of carbonyl (C=O) groups is 3. The largest absolute Gasteiger partial charge is 0.312 e. The zero-order chi connectivity index (χ0) is 18.7. The van der Waals surface area contributed by atoms with Gasteiger partial charge in [0, 0.05) is 33.2 Å². The number of nitrogens with one attached hydrogen (secondary N) is 2. The molecular formula is C18H15Br2N3O3. The molecule has 1 atom stereocenters. The van der Waals surface area contributed by atoms with Crippen molar-refractivity contribution in [3.63, 3.8) is 0 Å². The fraction of sp³-hybridized carbons (Fsp3) is 0.167. The minimum atomic E-state index is -0.519. The van der Waals surface area contributed by atoms with Crippen LogP contribution in [0.4, 0.5) is 5.69 Å². The number of nitrogens with zero attached hydrogens (tertiary/aromatic N) is 1. The molecular weight excluding hydrogens is 466 g/mol. The van der Waals surface area contributed by atoms with Crippen LogP contribution in [0.1, 0.15) is 16.8 Å². The molecule has 3 amide bonds. The molecule has 2 aromatic carbocycles. The molecule has 0 saturated carbocycles. The Hall–Kier alpha value is -2.19. The van der Waals surface area contributed by atoms with Gasteiger partial charge in [-0.1, -0.05) is 37.9 Å². The number of rotatable bonds is 3. The number of benzene rings is 2. The molecule has 2 aromatic rings. The highest BCUT2D eigenvalue weighted by Gasteiger charge is 2.35. The molecule has 134 valence electrons. The highest BCUT2D eigenvalue weighted by molar-refractivity contribution is 9.10. The molecule has 0 spiro atoms. The summed E-state index contributed by atoms with van der Waals surface area (Å²) < 4.78 is 1.68. The first-order valence-electron chi connectivity index (χ1n) is 7.86. The number of amides is 3. The monoisotopic (exact) mass is 479 g/mol. The molecule has 8 heteroatoms. The van der Waals surface area contributed by atoms with Crippen LogP contribution in [-0.2, 0) is 9.59 Å². The van der Waals surface area contributed by atoms with Crippen molar-refractivity contribution >= 4 is 55.3 Å². The van der Waals surface area contributed by atoms with Crippen LogP contribution in [0.25, 0.3) is 0 Å². The second-order valence-electron chi connectivity index (χ2n) is 5.84. The number of halogens is 2. The Labute approximate surface area is 167 Å². The third-order valence-corrected chi connectivity index (χ3v) is 5.04. The lowest BCUT2D eigenvalue weighted by Gasteiger charge is -2.17. The van der Waals surface area contributed by atoms with E-state index in [1.54, 1.807) is 29.2 Å². The van der Waals surface area contributed by atoms with Gasteiger partial charge in [-0.05, 0) is 42.5 Å². The van der Waals surface area contributed by atoms with Crippen molar-refractivity contribution in [1.82, 2.24) is 10.9 Å². The molecule has 0 unspecified atom stereocenters. The maximum Gasteiger partial charge on any atom is 0.269 e. The first-order valence-corrected chi connectivity index (χ1v) is 9.44. The van der Waals surface area contributed by atoms with Gasteiger partial charge in [0.1, 0.15) is 0 Å². The van der Waals surface area contributed by atoms with Crippen LogP contribution in [0.3, 0.4) is 0 Å². The molecule has 0 radical (unpaired) electrons. The lowest BCUT2D eigenvalue weighted by molar-refractivity contribution is -0.126. The summed E-state index contributed by atoms with van der Waals surface area (Å²) in [7, 11) is 0. The fourth-order valence-corrected chi connectivity index (χ4v) is 3.34. The first-order chi connectivity index (χ1) is 12.4. The van der Waals surface area contributed by atoms with Crippen molar-refractivity contribution in [2.24, 2.45) is 5.92 Å². The van der Waals surface area contributed by atoms with Gasteiger partial charge >= 0.3 is 0 Å². The van der Waals surface area contributed by atoms with Gasteiger partial charge in [0.15, 0.2) is 0 Å². The SMILES string of the molecule is O=C(NNC(=O)[C@@H]1CC(=O)N(c2ccc(Br)cc2)C1)c1cccc(Br)c1. The summed E-state index contributed by atoms with van der Waals surface area (Å²) in [6.07, 6.45) is 0.106. The molecule has 1 aliphatic heterocycles. The van der Waals surface area contributed by atoms with Crippen LogP contribution in [0.5, 0.6) is 0 Å². The van der Waals surface area contributed by atoms with Crippen molar-refractivity contribution in [3.05, 3.63) is 63.0 Å². The summed E-state index contributed by atoms with van der Waals surface area (Å²) in [5, 5.41) is 0. The van der Waals surface area contributed by atoms with Gasteiger partial charge in [-0.15, -0.1) is 0 Å². The summed E-state index contributed by atoms with van der Waals surface area (Å²) in [5.41, 5.74) is 5.95. The Kier molecular flexibility index (Phi) is 5.73. The van der Waals surface area contributed by atoms with E-state index in [0.29, 0.717) is 5.56 Å². The van der Waals surface area contributed by atoms with Crippen LogP contribution in [0.2, 0.25) is 0 Å². The quantitative estimate of drug-likeness (QED) is 0.663. The van der Waals surface area contributed by atoms with Gasteiger partial charge in [0.25, 0.3) is 5.91 Å². The second kappa shape index (κ2) is 8.01. The third-order valence-electron chi connectivity index (χ3n) is 4.02. The smallest absolute Gasteiger partial charge is 0.269 e. The zero-order valence-electron chi connectivity index (χ0n) is 13.5. The van der Waals surface area contributed by atoms with E-state index < -0.39 is 11.8 Å². The van der Waals surface area contributed by atoms with Gasteiger partial charge < -0.3 is 4.90 Å². The molecule has 0 bridgehead atoms. The van der Waals surface area contributed by atoms with E-state index in [0.717, 1.165) is 14.6 Å². The number of hydrogen-bond donors (Lipinski definition) is 2. The predicted octanol–water partition coefficient (Wildman–Crippen LogP) is 3.03. The van der Waals surface area contributed by atoms with Crippen LogP contribution in [-0.4, -0.2) is 24.3 Å². The highest BCUT2D eigenvalue weighted by Crippen LogP contribution is 2.26. The number of carbonyl (C=O) groups excluding carboxylic acids is 3. The third kappa shape index (κ3) is 4.31. The van der Waals surface area contributed by atoms with E-state index in [9.17, 15) is 14.4 Å². The second-order valence-corrected chi connectivity index (χ2v) is 7.67. The van der Waals surface area contributed by atoms with Gasteiger partial charge in [0.05, 0.1) is 5.92 Å². The average Bonchev–Trinajstić information content (AvgIpc) is 3.02. The van der Waals surface area contributed by atoms with Crippen LogP contribution in [0.15, 0.2) is 57.5 Å². The molecule has 1 aliphatic rings. The molecule has 1 fully saturated rings. The van der Waals surface area contributed by atoms with Crippen LogP contribution in [0, 0.1) is 5.92 Å². The summed E-state index contributed by atoms with van der Waals surface area (Å²) in [6, 6.07) is 14.1. The highest BCUT2D eigenvalue weighted by atomic mass is 79.9. The van der Waals surface area contributed by atoms with Gasteiger partial charge in [-0.2, -0.15) is 0 Å². The standard InChI is InChI=1S/C18H15Br2N3O3/c19-13-4-6-15(7-5-13)23-10-12(9-16(23)24)18(26)22-21-17(25)11-2-1-3-14(20)8-11/h1-8,12H,9-10H2,(H,21,25)(H,22,26)/t12-/m1/s1. The zero-order valence-corrected chi connectivity index (χ0v) is 16.7. The van der Waals surface area contributed by atoms with Gasteiger partial charge in [-0.25, -0.2) is 0 Å². The number of hydrogen-bond acceptors (Lipinski definition) is 3. The van der Waals surface area contributed by atoms with Crippen molar-refractivity contribution in [2.75, 3.05) is 11.4 Å². The minimum absolute atomic E-state index is 0.106. The minimum Gasteiger partial charge on any atom is -0.312 e. The Morgan fingerprint density at radius 2 is 1.73 bits per heavy atom. The van der Waals surface area contributed by atoms with Crippen molar-refractivity contribution in [2.45, 2.75) is 6.42 Å².